The highest BCUT2D eigenvalue weighted by Crippen LogP contribution is 2.47. The molecule has 0 saturated heterocycles. The normalized spacial score (nSPS) is 12.2. The van der Waals surface area contributed by atoms with Crippen molar-refractivity contribution in [3.8, 4) is 51.2 Å². The van der Waals surface area contributed by atoms with Crippen molar-refractivity contribution >= 4 is 240 Å². The predicted octanol–water partition coefficient (Wildman–Crippen LogP) is 31.0. The Morgan fingerprint density at radius 1 is 0.186 bits per heavy atom. The molecule has 12 aromatic heterocycles. The van der Waals surface area contributed by atoms with Gasteiger partial charge in [0.15, 0.2) is 17.5 Å². The molecule has 600 valence electrons. The van der Waals surface area contributed by atoms with Gasteiger partial charge < -0.3 is 22.1 Å². The Morgan fingerprint density at radius 2 is 0.488 bits per heavy atom. The van der Waals surface area contributed by atoms with E-state index < -0.39 is 0 Å². The molecule has 0 aliphatic heterocycles. The summed E-state index contributed by atoms with van der Waals surface area (Å²) in [4.78, 5) is 32.9. The topological polar surface area (TPSA) is 158 Å². The number of thiophene rings is 1. The van der Waals surface area contributed by atoms with Crippen LogP contribution < -0.4 is 0 Å². The third-order valence-electron chi connectivity index (χ3n) is 25.8. The van der Waals surface area contributed by atoms with Gasteiger partial charge in [-0.05, 0) is 178 Å². The summed E-state index contributed by atoms with van der Waals surface area (Å²) in [5.74, 6) is 2.32. The fourth-order valence-corrected chi connectivity index (χ4v) is 20.9. The molecule has 30 rings (SSSR count). The van der Waals surface area contributed by atoms with Crippen molar-refractivity contribution in [2.45, 2.75) is 0 Å². The maximum absolute atomic E-state index is 6.32. The number of benzene rings is 18. The molecule has 0 atom stereocenters. The first-order valence-electron chi connectivity index (χ1n) is 43.0. The molecule has 0 N–H and O–H groups in total. The maximum Gasteiger partial charge on any atom is 0.247 e. The minimum absolute atomic E-state index is 0.510. The van der Waals surface area contributed by atoms with E-state index in [0.717, 1.165) is 199 Å². The quantitative estimate of drug-likeness (QED) is 0.156. The number of aromatic nitrogens is 9. The molecule has 129 heavy (non-hydrogen) atoms. The van der Waals surface area contributed by atoms with Crippen LogP contribution in [0.2, 0.25) is 0 Å². The largest absolute Gasteiger partial charge is 0.456 e. The minimum atomic E-state index is 0.510. The van der Waals surface area contributed by atoms with Gasteiger partial charge in [-0.1, -0.05) is 237 Å². The summed E-state index contributed by atoms with van der Waals surface area (Å²) in [6.07, 6.45) is 0. The summed E-state index contributed by atoms with van der Waals surface area (Å²) < 4.78 is 39.3. The molecule has 18 aromatic carbocycles. The highest BCUT2D eigenvalue weighted by Gasteiger charge is 2.28. The third-order valence-corrected chi connectivity index (χ3v) is 26.8. The second-order valence-electron chi connectivity index (χ2n) is 33.1. The second-order valence-corrected chi connectivity index (χ2v) is 34.1. The summed E-state index contributed by atoms with van der Waals surface area (Å²) in [7, 11) is 0. The van der Waals surface area contributed by atoms with E-state index in [9.17, 15) is 0 Å². The van der Waals surface area contributed by atoms with E-state index in [1.54, 1.807) is 11.3 Å². The van der Waals surface area contributed by atoms with Gasteiger partial charge in [-0.15, -0.1) is 11.3 Å². The number of furan rings is 5. The number of hydrogen-bond acceptors (Lipinski definition) is 12. The molecule has 30 aromatic rings. The highest BCUT2D eigenvalue weighted by atomic mass is 32.1. The number of hydrogen-bond donors (Lipinski definition) is 0. The predicted molar refractivity (Wildman–Crippen MR) is 527 cm³/mol. The summed E-state index contributed by atoms with van der Waals surface area (Å²) in [6, 6.07) is 133. The number of rotatable bonds is 6. The molecular weight excluding hydrogens is 1610 g/mol. The van der Waals surface area contributed by atoms with E-state index >= 15 is 0 Å². The molecule has 0 unspecified atom stereocenters. The number of fused-ring (bicyclic) bond motifs is 30. The Balaban J connectivity index is 0.0000000976. The Kier molecular flexibility index (Phi) is 15.2. The van der Waals surface area contributed by atoms with Gasteiger partial charge in [0, 0.05) is 102 Å². The van der Waals surface area contributed by atoms with Crippen molar-refractivity contribution < 1.29 is 22.1 Å². The van der Waals surface area contributed by atoms with Gasteiger partial charge in [0.05, 0.1) is 33.1 Å². The van der Waals surface area contributed by atoms with Crippen LogP contribution in [0, 0.1) is 0 Å². The van der Waals surface area contributed by atoms with Gasteiger partial charge in [-0.2, -0.15) is 0 Å². The van der Waals surface area contributed by atoms with E-state index in [0.29, 0.717) is 11.4 Å². The average Bonchev–Trinajstić information content (AvgIpc) is 1.57. The lowest BCUT2D eigenvalue weighted by Crippen LogP contribution is -2.03. The van der Waals surface area contributed by atoms with E-state index in [1.807, 2.05) is 103 Å². The van der Waals surface area contributed by atoms with Gasteiger partial charge in [0.25, 0.3) is 0 Å². The second kappa shape index (κ2) is 27.5. The first kappa shape index (κ1) is 71.1. The van der Waals surface area contributed by atoms with Crippen LogP contribution in [0.3, 0.4) is 0 Å². The van der Waals surface area contributed by atoms with Gasteiger partial charge in [-0.3, -0.25) is 13.7 Å². The van der Waals surface area contributed by atoms with Gasteiger partial charge in [-0.25, -0.2) is 29.9 Å². The molecule has 0 fully saturated rings. The molecule has 0 aliphatic rings. The fourth-order valence-electron chi connectivity index (χ4n) is 19.9. The third kappa shape index (κ3) is 10.9. The minimum Gasteiger partial charge on any atom is -0.456 e. The lowest BCUT2D eigenvalue weighted by Gasteiger charge is -2.13. The molecule has 0 spiro atoms. The SMILES string of the molecule is c1ccc2cc3c(cc2c1)c1ccccc1n3-c1nc2c(nc1-c1ccc3c(c1)oc1ccccc13)oc1ccccc12.c1ccc2cc3c(cc2c1)c1ccccc1n3-c1nc2c(nc1-c1ccc3c(c1)oc1ccccc13)sc1ccccc12.c1ccc2cc3c(cc2c1)c1ccccc1n3-c1nc2c(nc1-c1ccc3oc4ccccc4c3c1)oc1ccccc12. The summed E-state index contributed by atoms with van der Waals surface area (Å²) in [5, 5.41) is 23.8. The van der Waals surface area contributed by atoms with Crippen molar-refractivity contribution in [1.29, 1.82) is 0 Å². The fraction of sp³-hybridized carbons (Fsp3) is 0. The number of para-hydroxylation sites is 8. The lowest BCUT2D eigenvalue weighted by molar-refractivity contribution is 0.652. The van der Waals surface area contributed by atoms with Crippen molar-refractivity contribution in [2.24, 2.45) is 0 Å². The van der Waals surface area contributed by atoms with Crippen molar-refractivity contribution in [3.63, 3.8) is 0 Å². The molecule has 0 radical (unpaired) electrons. The van der Waals surface area contributed by atoms with Crippen molar-refractivity contribution in [1.82, 2.24) is 43.6 Å². The lowest BCUT2D eigenvalue weighted by atomic mass is 10.1. The first-order chi connectivity index (χ1) is 63.9. The first-order valence-corrected chi connectivity index (χ1v) is 43.8. The molecule has 0 saturated carbocycles. The molecule has 14 nitrogen and oxygen atoms in total. The zero-order valence-corrected chi connectivity index (χ0v) is 69.2. The molecule has 0 amide bonds. The number of nitrogens with zero attached hydrogens (tertiary/aromatic N) is 9. The van der Waals surface area contributed by atoms with Crippen LogP contribution in [-0.2, 0) is 0 Å². The summed E-state index contributed by atoms with van der Waals surface area (Å²) in [5.41, 5.74) is 21.7. The van der Waals surface area contributed by atoms with Crippen LogP contribution in [0.4, 0.5) is 0 Å². The van der Waals surface area contributed by atoms with Crippen LogP contribution in [0.5, 0.6) is 0 Å². The Morgan fingerprint density at radius 3 is 0.922 bits per heavy atom. The zero-order chi connectivity index (χ0) is 84.2. The van der Waals surface area contributed by atoms with Crippen LogP contribution in [0.15, 0.2) is 404 Å². The van der Waals surface area contributed by atoms with Gasteiger partial charge in [0.1, 0.15) is 83.1 Å². The van der Waals surface area contributed by atoms with Crippen LogP contribution in [-0.4, -0.2) is 43.6 Å². The summed E-state index contributed by atoms with van der Waals surface area (Å²) >= 11 is 1.69. The molecule has 0 aliphatic carbocycles. The average molecular weight is 1670 g/mol. The Bertz CT molecular complexity index is 9660. The van der Waals surface area contributed by atoms with E-state index in [4.69, 9.17) is 52.0 Å². The molecule has 0 bridgehead atoms. The highest BCUT2D eigenvalue weighted by molar-refractivity contribution is 7.25. The van der Waals surface area contributed by atoms with Crippen LogP contribution >= 0.6 is 11.3 Å². The molecule has 12 heterocycles. The smallest absolute Gasteiger partial charge is 0.247 e. The Labute approximate surface area is 733 Å². The van der Waals surface area contributed by atoms with Crippen molar-refractivity contribution in [2.75, 3.05) is 0 Å². The van der Waals surface area contributed by atoms with Gasteiger partial charge >= 0.3 is 0 Å². The Hall–Kier alpha value is -17.4. The van der Waals surface area contributed by atoms with Crippen LogP contribution in [0.25, 0.3) is 280 Å². The standard InChI is InChI=1S/2C38H21N3O2.C38H21N3OS/c1-2-10-23-21-31-28(19-22(23)9-1)25-11-3-6-14-30(25)41(31)37-35(40-38-36(39-37)27-13-5-8-16-33(27)43-38)24-17-18-34-29(20-24)26-12-4-7-15-32(26)42-34;1-2-10-23-20-31-29(19-22(23)9-1)25-11-3-6-14-30(25)41(31)37-35(40-38-36(39-37)28-13-5-8-16-33(28)43-38)24-17-18-27-26-12-4-7-15-32(26)42-34(27)21-24;1-2-10-23-20-31-29(19-22(23)9-1)25-11-3-6-14-30(25)41(31)37-35(40-38-36(39-37)28-13-5-8-16-34(28)43-38)24-17-18-27-26-12-4-7-15-32(26)42-33(27)21-24/h3*1-21H. The van der Waals surface area contributed by atoms with E-state index in [-0.39, 0.29) is 0 Å². The van der Waals surface area contributed by atoms with Crippen LogP contribution in [0.1, 0.15) is 0 Å². The monoisotopic (exact) mass is 1670 g/mol. The van der Waals surface area contributed by atoms with Crippen molar-refractivity contribution in [3.05, 3.63) is 382 Å². The van der Waals surface area contributed by atoms with E-state index in [2.05, 4.69) is 293 Å². The zero-order valence-electron chi connectivity index (χ0n) is 68.3. The van der Waals surface area contributed by atoms with E-state index in [1.165, 1.54) is 69.3 Å². The summed E-state index contributed by atoms with van der Waals surface area (Å²) in [6.45, 7) is 0. The molecular formula is C114H63N9O5S. The van der Waals surface area contributed by atoms with Gasteiger partial charge in [0.2, 0.25) is 11.4 Å². The maximum atomic E-state index is 6.32. The molecule has 15 heteroatoms.